The number of nitrogens with one attached hydrogen (secondary N) is 1. The average molecular weight is 371 g/mol. The third-order valence-corrected chi connectivity index (χ3v) is 4.90. The van der Waals surface area contributed by atoms with E-state index in [0.29, 0.717) is 13.2 Å². The summed E-state index contributed by atoms with van der Waals surface area (Å²) in [5, 5.41) is 3.55. The lowest BCUT2D eigenvalue weighted by molar-refractivity contribution is 0.171. The van der Waals surface area contributed by atoms with Crippen LogP contribution in [-0.4, -0.2) is 22.6 Å². The Bertz CT molecular complexity index is 1160. The minimum absolute atomic E-state index is 0.569. The second-order valence-corrected chi connectivity index (χ2v) is 7.09. The Morgan fingerprint density at radius 2 is 1.61 bits per heavy atom. The highest BCUT2D eigenvalue weighted by Crippen LogP contribution is 2.36. The van der Waals surface area contributed by atoms with Crippen LogP contribution in [0.5, 0.6) is 11.5 Å². The first-order chi connectivity index (χ1) is 13.7. The molecule has 0 unspecified atom stereocenters. The Kier molecular flexibility index (Phi) is 3.93. The number of hydrogen-bond acceptors (Lipinski definition) is 4. The number of benzene rings is 2. The van der Waals surface area contributed by atoms with Crippen molar-refractivity contribution in [1.29, 1.82) is 0 Å². The van der Waals surface area contributed by atoms with E-state index in [2.05, 4.69) is 60.1 Å². The Balaban J connectivity index is 1.63. The monoisotopic (exact) mass is 371 g/mol. The summed E-state index contributed by atoms with van der Waals surface area (Å²) in [5.41, 5.74) is 6.23. The fourth-order valence-corrected chi connectivity index (χ4v) is 3.44. The Morgan fingerprint density at radius 3 is 2.43 bits per heavy atom. The van der Waals surface area contributed by atoms with Gasteiger partial charge in [0.05, 0.1) is 0 Å². The van der Waals surface area contributed by atoms with E-state index >= 15 is 0 Å². The SMILES string of the molecule is Cc1ccc(-c2nc3ccc(C)cn3c2Nc2ccc3c(c2)OCCO3)cc1. The molecule has 0 bridgehead atoms. The zero-order valence-corrected chi connectivity index (χ0v) is 15.9. The summed E-state index contributed by atoms with van der Waals surface area (Å²) in [6, 6.07) is 18.5. The number of nitrogens with zero attached hydrogens (tertiary/aromatic N) is 2. The smallest absolute Gasteiger partial charge is 0.163 e. The third kappa shape index (κ3) is 2.95. The molecule has 0 fully saturated rings. The zero-order chi connectivity index (χ0) is 19.1. The van der Waals surface area contributed by atoms with E-state index in [-0.39, 0.29) is 0 Å². The molecular formula is C23H21N3O2. The lowest BCUT2D eigenvalue weighted by Gasteiger charge is -2.19. The van der Waals surface area contributed by atoms with Gasteiger partial charge in [-0.1, -0.05) is 35.9 Å². The van der Waals surface area contributed by atoms with Crippen molar-refractivity contribution < 1.29 is 9.47 Å². The molecule has 0 aliphatic carbocycles. The van der Waals surface area contributed by atoms with Crippen LogP contribution < -0.4 is 14.8 Å². The molecule has 0 atom stereocenters. The van der Waals surface area contributed by atoms with Gasteiger partial charge in [0, 0.05) is 23.5 Å². The van der Waals surface area contributed by atoms with Crippen LogP contribution in [0.1, 0.15) is 11.1 Å². The summed E-state index contributed by atoms with van der Waals surface area (Å²) in [4.78, 5) is 4.88. The summed E-state index contributed by atoms with van der Waals surface area (Å²) >= 11 is 0. The first kappa shape index (κ1) is 16.7. The van der Waals surface area contributed by atoms with Crippen LogP contribution >= 0.6 is 0 Å². The van der Waals surface area contributed by atoms with E-state index in [1.807, 2.05) is 24.3 Å². The van der Waals surface area contributed by atoms with Crippen molar-refractivity contribution in [2.45, 2.75) is 13.8 Å². The lowest BCUT2D eigenvalue weighted by Crippen LogP contribution is -2.15. The topological polar surface area (TPSA) is 47.8 Å². The summed E-state index contributed by atoms with van der Waals surface area (Å²) in [5.74, 6) is 2.47. The molecule has 4 aromatic rings. The molecule has 1 aliphatic rings. The molecular weight excluding hydrogens is 350 g/mol. The molecule has 1 aliphatic heterocycles. The molecule has 28 heavy (non-hydrogen) atoms. The van der Waals surface area contributed by atoms with Crippen molar-refractivity contribution in [2.75, 3.05) is 18.5 Å². The molecule has 5 rings (SSSR count). The number of rotatable bonds is 3. The van der Waals surface area contributed by atoms with E-state index in [9.17, 15) is 0 Å². The number of fused-ring (bicyclic) bond motifs is 2. The number of ether oxygens (including phenoxy) is 2. The summed E-state index contributed by atoms with van der Waals surface area (Å²) in [6.07, 6.45) is 2.10. The van der Waals surface area contributed by atoms with Gasteiger partial charge in [-0.2, -0.15) is 0 Å². The van der Waals surface area contributed by atoms with Gasteiger partial charge in [-0.3, -0.25) is 4.40 Å². The molecule has 1 N–H and O–H groups in total. The van der Waals surface area contributed by atoms with Gasteiger partial charge in [0.2, 0.25) is 0 Å². The van der Waals surface area contributed by atoms with Crippen molar-refractivity contribution in [3.8, 4) is 22.8 Å². The van der Waals surface area contributed by atoms with Crippen LogP contribution in [0.2, 0.25) is 0 Å². The van der Waals surface area contributed by atoms with Crippen LogP contribution in [0.15, 0.2) is 60.8 Å². The number of hydrogen-bond donors (Lipinski definition) is 1. The van der Waals surface area contributed by atoms with E-state index in [1.54, 1.807) is 0 Å². The largest absolute Gasteiger partial charge is 0.486 e. The second kappa shape index (κ2) is 6.60. The molecule has 0 saturated heterocycles. The van der Waals surface area contributed by atoms with Crippen LogP contribution in [0.4, 0.5) is 11.5 Å². The zero-order valence-electron chi connectivity index (χ0n) is 15.9. The van der Waals surface area contributed by atoms with Crippen molar-refractivity contribution in [3.63, 3.8) is 0 Å². The molecule has 5 nitrogen and oxygen atoms in total. The van der Waals surface area contributed by atoms with Crippen LogP contribution in [0.25, 0.3) is 16.9 Å². The highest BCUT2D eigenvalue weighted by Gasteiger charge is 2.17. The number of imidazole rings is 1. The average Bonchev–Trinajstić information content (AvgIpc) is 3.06. The second-order valence-electron chi connectivity index (χ2n) is 7.09. The summed E-state index contributed by atoms with van der Waals surface area (Å²) in [7, 11) is 0. The Morgan fingerprint density at radius 1 is 0.857 bits per heavy atom. The van der Waals surface area contributed by atoms with Crippen LogP contribution in [-0.2, 0) is 0 Å². The van der Waals surface area contributed by atoms with Crippen LogP contribution in [0.3, 0.4) is 0 Å². The van der Waals surface area contributed by atoms with Gasteiger partial charge in [0.15, 0.2) is 11.5 Å². The maximum atomic E-state index is 5.73. The predicted molar refractivity (Wildman–Crippen MR) is 111 cm³/mol. The van der Waals surface area contributed by atoms with Gasteiger partial charge < -0.3 is 14.8 Å². The highest BCUT2D eigenvalue weighted by atomic mass is 16.6. The van der Waals surface area contributed by atoms with Gasteiger partial charge in [-0.05, 0) is 37.6 Å². The number of aryl methyl sites for hydroxylation is 2. The standard InChI is InChI=1S/C23H21N3O2/c1-15-3-6-17(7-4-15)22-23(26-14-16(2)5-10-21(26)25-22)24-18-8-9-19-20(13-18)28-12-11-27-19/h3-10,13-14,24H,11-12H2,1-2H3. The van der Waals surface area contributed by atoms with Crippen molar-refractivity contribution in [2.24, 2.45) is 0 Å². The van der Waals surface area contributed by atoms with Gasteiger partial charge >= 0.3 is 0 Å². The number of pyridine rings is 1. The molecule has 2 aromatic carbocycles. The van der Waals surface area contributed by atoms with Crippen molar-refractivity contribution in [3.05, 3.63) is 71.9 Å². The molecule has 140 valence electrons. The van der Waals surface area contributed by atoms with Gasteiger partial charge in [0.1, 0.15) is 30.4 Å². The first-order valence-electron chi connectivity index (χ1n) is 9.40. The fourth-order valence-electron chi connectivity index (χ4n) is 3.44. The number of anilines is 2. The van der Waals surface area contributed by atoms with E-state index in [0.717, 1.165) is 39.9 Å². The maximum absolute atomic E-state index is 5.73. The Labute approximate surface area is 163 Å². The quantitative estimate of drug-likeness (QED) is 0.542. The predicted octanol–water partition coefficient (Wildman–Crippen LogP) is 5.13. The van der Waals surface area contributed by atoms with Crippen LogP contribution in [0, 0.1) is 13.8 Å². The molecule has 0 amide bonds. The minimum atomic E-state index is 0.569. The normalized spacial score (nSPS) is 12.9. The van der Waals surface area contributed by atoms with Crippen molar-refractivity contribution in [1.82, 2.24) is 9.38 Å². The third-order valence-electron chi connectivity index (χ3n) is 4.90. The van der Waals surface area contributed by atoms with Gasteiger partial charge in [-0.25, -0.2) is 4.98 Å². The molecule has 5 heteroatoms. The fraction of sp³-hybridized carbons (Fsp3) is 0.174. The Hall–Kier alpha value is -3.47. The van der Waals surface area contributed by atoms with Crippen molar-refractivity contribution >= 4 is 17.2 Å². The molecule has 0 saturated carbocycles. The highest BCUT2D eigenvalue weighted by molar-refractivity contribution is 5.80. The summed E-state index contributed by atoms with van der Waals surface area (Å²) < 4.78 is 13.5. The van der Waals surface area contributed by atoms with E-state index in [4.69, 9.17) is 14.5 Å². The van der Waals surface area contributed by atoms with E-state index < -0.39 is 0 Å². The molecule has 3 heterocycles. The molecule has 2 aromatic heterocycles. The minimum Gasteiger partial charge on any atom is -0.486 e. The molecule has 0 radical (unpaired) electrons. The maximum Gasteiger partial charge on any atom is 0.163 e. The molecule has 0 spiro atoms. The lowest BCUT2D eigenvalue weighted by atomic mass is 10.1. The number of aromatic nitrogens is 2. The van der Waals surface area contributed by atoms with E-state index in [1.165, 1.54) is 11.1 Å². The first-order valence-corrected chi connectivity index (χ1v) is 9.40. The van der Waals surface area contributed by atoms with Gasteiger partial charge in [-0.15, -0.1) is 0 Å². The van der Waals surface area contributed by atoms with Gasteiger partial charge in [0.25, 0.3) is 0 Å². The summed E-state index contributed by atoms with van der Waals surface area (Å²) in [6.45, 7) is 5.33.